The van der Waals surface area contributed by atoms with Crippen LogP contribution in [0.15, 0.2) is 0 Å². The highest BCUT2D eigenvalue weighted by Crippen LogP contribution is 2.27. The van der Waals surface area contributed by atoms with E-state index >= 15 is 0 Å². The average Bonchev–Trinajstić information content (AvgIpc) is 2.24. The van der Waals surface area contributed by atoms with Crippen LogP contribution in [0, 0.1) is 11.8 Å². The van der Waals surface area contributed by atoms with Crippen LogP contribution >= 0.6 is 0 Å². The van der Waals surface area contributed by atoms with Gasteiger partial charge in [-0.3, -0.25) is 0 Å². The van der Waals surface area contributed by atoms with Crippen molar-refractivity contribution < 1.29 is 19.6 Å². The minimum Gasteiger partial charge on any atom is -0.227 e. The molecular formula is C15H32O4. The summed E-state index contributed by atoms with van der Waals surface area (Å²) in [6.45, 7) is 19.8. The van der Waals surface area contributed by atoms with Crippen molar-refractivity contribution in [2.24, 2.45) is 11.8 Å². The van der Waals surface area contributed by atoms with Crippen molar-refractivity contribution in [1.82, 2.24) is 0 Å². The monoisotopic (exact) mass is 276 g/mol. The Morgan fingerprint density at radius 3 is 1.00 bits per heavy atom. The van der Waals surface area contributed by atoms with E-state index in [1.807, 2.05) is 27.7 Å². The Morgan fingerprint density at radius 2 is 0.789 bits per heavy atom. The first-order valence-corrected chi connectivity index (χ1v) is 7.04. The van der Waals surface area contributed by atoms with Gasteiger partial charge in [0.1, 0.15) is 11.2 Å². The molecule has 0 amide bonds. The van der Waals surface area contributed by atoms with Crippen molar-refractivity contribution in [2.45, 2.75) is 86.2 Å². The Balaban J connectivity index is 4.34. The van der Waals surface area contributed by atoms with Gasteiger partial charge in [-0.25, -0.2) is 9.78 Å². The molecule has 0 aromatic rings. The Kier molecular flexibility index (Phi) is 6.47. The number of hydrogen-bond donors (Lipinski definition) is 0. The lowest BCUT2D eigenvalue weighted by Gasteiger charge is -2.35. The lowest BCUT2D eigenvalue weighted by atomic mass is 9.95. The summed E-state index contributed by atoms with van der Waals surface area (Å²) in [5.41, 5.74) is -0.762. The summed E-state index contributed by atoms with van der Waals surface area (Å²) in [6.07, 6.45) is 0. The molecular weight excluding hydrogens is 244 g/mol. The van der Waals surface area contributed by atoms with Gasteiger partial charge >= 0.3 is 0 Å². The predicted molar refractivity (Wildman–Crippen MR) is 76.3 cm³/mol. The van der Waals surface area contributed by atoms with Gasteiger partial charge in [-0.15, -0.1) is 0 Å². The molecule has 0 bridgehead atoms. The number of hydrogen-bond acceptors (Lipinski definition) is 4. The van der Waals surface area contributed by atoms with E-state index in [1.54, 1.807) is 13.8 Å². The summed E-state index contributed by atoms with van der Waals surface area (Å²) in [6, 6.07) is 0. The minimum absolute atomic E-state index is 0.330. The fourth-order valence-corrected chi connectivity index (χ4v) is 0.622. The lowest BCUT2D eigenvalue weighted by molar-refractivity contribution is -0.538. The van der Waals surface area contributed by atoms with Gasteiger partial charge < -0.3 is 0 Å². The smallest absolute Gasteiger partial charge is 0.227 e. The summed E-state index contributed by atoms with van der Waals surface area (Å²) >= 11 is 0. The van der Waals surface area contributed by atoms with E-state index in [9.17, 15) is 0 Å². The largest absolute Gasteiger partial charge is 0.228 e. The molecule has 4 nitrogen and oxygen atoms in total. The molecule has 0 atom stereocenters. The zero-order chi connectivity index (χ0) is 15.5. The Morgan fingerprint density at radius 1 is 0.526 bits per heavy atom. The van der Waals surface area contributed by atoms with Crippen LogP contribution < -0.4 is 0 Å². The van der Waals surface area contributed by atoms with Crippen LogP contribution in [0.5, 0.6) is 0 Å². The molecule has 0 N–H and O–H groups in total. The maximum Gasteiger partial charge on any atom is 0.228 e. The van der Waals surface area contributed by atoms with E-state index in [-0.39, 0.29) is 11.2 Å². The molecule has 0 aliphatic heterocycles. The van der Waals surface area contributed by atoms with Crippen LogP contribution in [0.4, 0.5) is 0 Å². The van der Waals surface area contributed by atoms with Crippen LogP contribution in [0.2, 0.25) is 0 Å². The van der Waals surface area contributed by atoms with E-state index in [0.717, 1.165) is 0 Å². The van der Waals surface area contributed by atoms with Crippen molar-refractivity contribution in [2.75, 3.05) is 0 Å². The predicted octanol–water partition coefficient (Wildman–Crippen LogP) is 4.49. The molecule has 116 valence electrons. The van der Waals surface area contributed by atoms with Crippen molar-refractivity contribution in [3.63, 3.8) is 0 Å². The van der Waals surface area contributed by atoms with Gasteiger partial charge in [0.25, 0.3) is 0 Å². The first kappa shape index (κ1) is 18.8. The summed E-state index contributed by atoms with van der Waals surface area (Å²) in [4.78, 5) is 21.7. The van der Waals surface area contributed by atoms with Gasteiger partial charge in [0, 0.05) is 0 Å². The Labute approximate surface area is 118 Å². The van der Waals surface area contributed by atoms with Crippen molar-refractivity contribution in [3.05, 3.63) is 0 Å². The summed E-state index contributed by atoms with van der Waals surface area (Å²) < 4.78 is 0. The molecule has 0 unspecified atom stereocenters. The molecule has 0 aliphatic rings. The molecule has 0 aromatic carbocycles. The third-order valence-electron chi connectivity index (χ3n) is 3.70. The van der Waals surface area contributed by atoms with Gasteiger partial charge in [0.2, 0.25) is 5.79 Å². The Hall–Kier alpha value is -0.160. The molecule has 0 aliphatic carbocycles. The van der Waals surface area contributed by atoms with Crippen LogP contribution in [-0.4, -0.2) is 17.0 Å². The fourth-order valence-electron chi connectivity index (χ4n) is 0.622. The molecule has 0 saturated carbocycles. The van der Waals surface area contributed by atoms with Crippen LogP contribution in [0.3, 0.4) is 0 Å². The molecule has 0 fully saturated rings. The van der Waals surface area contributed by atoms with Gasteiger partial charge in [-0.05, 0) is 53.4 Å². The van der Waals surface area contributed by atoms with Crippen LogP contribution in [-0.2, 0) is 19.6 Å². The molecule has 0 spiro atoms. The van der Waals surface area contributed by atoms with Crippen molar-refractivity contribution in [1.29, 1.82) is 0 Å². The Bertz CT molecular complexity index is 241. The molecule has 0 radical (unpaired) electrons. The molecule has 0 saturated heterocycles. The lowest BCUT2D eigenvalue weighted by Crippen LogP contribution is -2.40. The highest BCUT2D eigenvalue weighted by atomic mass is 17.3. The molecule has 4 heteroatoms. The van der Waals surface area contributed by atoms with Gasteiger partial charge in [-0.1, -0.05) is 27.7 Å². The van der Waals surface area contributed by atoms with Crippen LogP contribution in [0.25, 0.3) is 0 Å². The molecule has 0 heterocycles. The first-order valence-electron chi connectivity index (χ1n) is 7.04. The molecule has 0 aromatic heterocycles. The quantitative estimate of drug-likeness (QED) is 0.372. The maximum atomic E-state index is 5.48. The van der Waals surface area contributed by atoms with Crippen LogP contribution in [0.1, 0.15) is 69.2 Å². The zero-order valence-electron chi connectivity index (χ0n) is 14.3. The topological polar surface area (TPSA) is 36.9 Å². The second-order valence-corrected chi connectivity index (χ2v) is 7.25. The second kappa shape index (κ2) is 6.53. The first-order chi connectivity index (χ1) is 8.30. The van der Waals surface area contributed by atoms with E-state index in [4.69, 9.17) is 19.6 Å². The highest BCUT2D eigenvalue weighted by Gasteiger charge is 2.33. The normalized spacial score (nSPS) is 14.5. The third kappa shape index (κ3) is 6.70. The van der Waals surface area contributed by atoms with E-state index in [2.05, 4.69) is 27.7 Å². The summed E-state index contributed by atoms with van der Waals surface area (Å²) in [7, 11) is 0. The van der Waals surface area contributed by atoms with Crippen molar-refractivity contribution >= 4 is 0 Å². The summed E-state index contributed by atoms with van der Waals surface area (Å²) in [5.74, 6) is -0.300. The van der Waals surface area contributed by atoms with Gasteiger partial charge in [-0.2, -0.15) is 9.78 Å². The highest BCUT2D eigenvalue weighted by molar-refractivity contribution is 4.71. The number of rotatable bonds is 8. The molecule has 19 heavy (non-hydrogen) atoms. The SMILES string of the molecule is CC(C)C(C)(C)OOC(C)(C)OOC(C)(C)C(C)C. The van der Waals surface area contributed by atoms with Gasteiger partial charge in [0.15, 0.2) is 0 Å². The molecule has 0 rings (SSSR count). The third-order valence-corrected chi connectivity index (χ3v) is 3.70. The maximum absolute atomic E-state index is 5.48. The second-order valence-electron chi connectivity index (χ2n) is 7.25. The van der Waals surface area contributed by atoms with Gasteiger partial charge in [0.05, 0.1) is 0 Å². The van der Waals surface area contributed by atoms with E-state index < -0.39 is 5.79 Å². The standard InChI is InChI=1S/C15H32O4/c1-11(2)13(5,6)16-18-15(9,10)19-17-14(7,8)12(3)4/h11-12H,1-10H3. The average molecular weight is 276 g/mol. The zero-order valence-corrected chi connectivity index (χ0v) is 14.3. The van der Waals surface area contributed by atoms with Crippen molar-refractivity contribution in [3.8, 4) is 0 Å². The minimum atomic E-state index is -0.960. The fraction of sp³-hybridized carbons (Fsp3) is 1.00. The van der Waals surface area contributed by atoms with E-state index in [0.29, 0.717) is 11.8 Å². The van der Waals surface area contributed by atoms with E-state index in [1.165, 1.54) is 0 Å². The summed E-state index contributed by atoms with van der Waals surface area (Å²) in [5, 5.41) is 0.